The summed E-state index contributed by atoms with van der Waals surface area (Å²) in [5.41, 5.74) is 1.71. The van der Waals surface area contributed by atoms with E-state index in [9.17, 15) is 9.59 Å². The molecule has 0 spiro atoms. The Labute approximate surface area is 196 Å². The highest BCUT2D eigenvalue weighted by Gasteiger charge is 2.11. The molecule has 0 atom stereocenters. The first kappa shape index (κ1) is 22.0. The highest BCUT2D eigenvalue weighted by atomic mass is 127. The normalized spacial score (nSPS) is 10.4. The Morgan fingerprint density at radius 3 is 2.38 bits per heavy atom. The Hall–Kier alpha value is -1.74. The van der Waals surface area contributed by atoms with E-state index in [-0.39, 0.29) is 22.6 Å². The van der Waals surface area contributed by atoms with E-state index in [0.717, 1.165) is 14.2 Å². The molecule has 3 aromatic carbocycles. The monoisotopic (exact) mass is 556 g/mol. The summed E-state index contributed by atoms with van der Waals surface area (Å²) < 4.78 is 1.11. The highest BCUT2D eigenvalue weighted by Crippen LogP contribution is 2.25. The molecule has 0 aliphatic heterocycles. The molecule has 0 bridgehead atoms. The molecule has 148 valence electrons. The predicted octanol–water partition coefficient (Wildman–Crippen LogP) is 6.58. The summed E-state index contributed by atoms with van der Waals surface area (Å²) in [4.78, 5) is 25.5. The van der Waals surface area contributed by atoms with E-state index in [0.29, 0.717) is 16.3 Å². The van der Waals surface area contributed by atoms with Crippen molar-refractivity contribution in [1.29, 1.82) is 0 Å². The van der Waals surface area contributed by atoms with Gasteiger partial charge < -0.3 is 10.6 Å². The van der Waals surface area contributed by atoms with Crippen LogP contribution < -0.4 is 10.6 Å². The van der Waals surface area contributed by atoms with Gasteiger partial charge in [0.2, 0.25) is 5.91 Å². The fraction of sp³-hybridized carbons (Fsp3) is 0.0476. The van der Waals surface area contributed by atoms with Crippen LogP contribution in [-0.2, 0) is 4.79 Å². The minimum Gasteiger partial charge on any atom is -0.325 e. The number of anilines is 2. The van der Waals surface area contributed by atoms with Crippen LogP contribution >= 0.6 is 57.6 Å². The first-order valence-corrected chi connectivity index (χ1v) is 11.3. The summed E-state index contributed by atoms with van der Waals surface area (Å²) in [5, 5.41) is 6.42. The Kier molecular flexibility index (Phi) is 7.83. The van der Waals surface area contributed by atoms with Crippen molar-refractivity contribution in [1.82, 2.24) is 0 Å². The molecular weight excluding hydrogens is 542 g/mol. The molecule has 0 saturated heterocycles. The maximum Gasteiger partial charge on any atom is 0.257 e. The van der Waals surface area contributed by atoms with Crippen molar-refractivity contribution in [2.45, 2.75) is 4.90 Å². The van der Waals surface area contributed by atoms with Gasteiger partial charge in [-0.15, -0.1) is 11.8 Å². The van der Waals surface area contributed by atoms with E-state index in [2.05, 4.69) is 33.2 Å². The second-order valence-electron chi connectivity index (χ2n) is 5.95. The van der Waals surface area contributed by atoms with Crippen molar-refractivity contribution in [2.24, 2.45) is 0 Å². The molecule has 0 heterocycles. The van der Waals surface area contributed by atoms with E-state index in [1.165, 1.54) is 17.8 Å². The van der Waals surface area contributed by atoms with Crippen LogP contribution in [0.25, 0.3) is 0 Å². The summed E-state index contributed by atoms with van der Waals surface area (Å²) in [6.45, 7) is 0. The van der Waals surface area contributed by atoms with Crippen LogP contribution in [0.15, 0.2) is 71.6 Å². The molecule has 0 saturated carbocycles. The van der Waals surface area contributed by atoms with Crippen molar-refractivity contribution >= 4 is 80.7 Å². The van der Waals surface area contributed by atoms with Gasteiger partial charge in [-0.2, -0.15) is 0 Å². The molecule has 0 fully saturated rings. The van der Waals surface area contributed by atoms with Crippen molar-refractivity contribution < 1.29 is 9.59 Å². The lowest BCUT2D eigenvalue weighted by molar-refractivity contribution is -0.113. The molecule has 0 radical (unpaired) electrons. The fourth-order valence-electron chi connectivity index (χ4n) is 2.41. The number of thioether (sulfide) groups is 1. The minimum atomic E-state index is -0.328. The van der Waals surface area contributed by atoms with Crippen LogP contribution in [-0.4, -0.2) is 17.6 Å². The number of carbonyl (C=O) groups is 2. The van der Waals surface area contributed by atoms with Crippen LogP contribution in [0.3, 0.4) is 0 Å². The van der Waals surface area contributed by atoms with Crippen LogP contribution in [0.5, 0.6) is 0 Å². The summed E-state index contributed by atoms with van der Waals surface area (Å²) in [6.07, 6.45) is 0. The van der Waals surface area contributed by atoms with Crippen LogP contribution in [0.2, 0.25) is 10.0 Å². The molecule has 3 aromatic rings. The maximum atomic E-state index is 12.4. The second-order valence-corrected chi connectivity index (χ2v) is 9.09. The van der Waals surface area contributed by atoms with Gasteiger partial charge in [0.15, 0.2) is 0 Å². The first-order chi connectivity index (χ1) is 13.9. The first-order valence-electron chi connectivity index (χ1n) is 8.45. The molecule has 8 heteroatoms. The van der Waals surface area contributed by atoms with Gasteiger partial charge in [0.05, 0.1) is 16.3 Å². The van der Waals surface area contributed by atoms with Crippen LogP contribution in [0.1, 0.15) is 10.4 Å². The smallest absolute Gasteiger partial charge is 0.257 e. The van der Waals surface area contributed by atoms with Gasteiger partial charge in [0.25, 0.3) is 5.91 Å². The quantitative estimate of drug-likeness (QED) is 0.266. The molecule has 0 aromatic heterocycles. The van der Waals surface area contributed by atoms with Gasteiger partial charge in [-0.3, -0.25) is 9.59 Å². The third kappa shape index (κ3) is 6.64. The number of amides is 2. The SMILES string of the molecule is O=C(CSc1cccc(NC(=O)c2ccc(Cl)cc2Cl)c1)Nc1ccc(I)cc1. The van der Waals surface area contributed by atoms with Crippen molar-refractivity contribution in [2.75, 3.05) is 16.4 Å². The average Bonchev–Trinajstić information content (AvgIpc) is 2.68. The third-order valence-electron chi connectivity index (χ3n) is 3.77. The molecule has 2 amide bonds. The summed E-state index contributed by atoms with van der Waals surface area (Å²) >= 11 is 15.6. The van der Waals surface area contributed by atoms with E-state index < -0.39 is 0 Å². The van der Waals surface area contributed by atoms with Crippen molar-refractivity contribution in [3.05, 3.63) is 85.9 Å². The number of rotatable bonds is 6. The molecule has 0 aliphatic rings. The molecule has 3 rings (SSSR count). The molecule has 2 N–H and O–H groups in total. The van der Waals surface area contributed by atoms with Gasteiger partial charge >= 0.3 is 0 Å². The van der Waals surface area contributed by atoms with Crippen LogP contribution in [0, 0.1) is 3.57 Å². The number of benzene rings is 3. The molecule has 0 aliphatic carbocycles. The lowest BCUT2D eigenvalue weighted by atomic mass is 10.2. The lowest BCUT2D eigenvalue weighted by Gasteiger charge is -2.09. The standard InChI is InChI=1S/C21H15Cl2IN2O2S/c22-13-4-9-18(19(23)10-13)21(28)26-16-2-1-3-17(11-16)29-12-20(27)25-15-7-5-14(24)6-8-15/h1-11H,12H2,(H,25,27)(H,26,28). The second kappa shape index (κ2) is 10.3. The van der Waals surface area contributed by atoms with Gasteiger partial charge in [0, 0.05) is 24.9 Å². The largest absolute Gasteiger partial charge is 0.325 e. The van der Waals surface area contributed by atoms with E-state index in [1.807, 2.05) is 42.5 Å². The number of hydrogen-bond acceptors (Lipinski definition) is 3. The Balaban J connectivity index is 1.58. The van der Waals surface area contributed by atoms with E-state index in [4.69, 9.17) is 23.2 Å². The van der Waals surface area contributed by atoms with Gasteiger partial charge in [0.1, 0.15) is 0 Å². The van der Waals surface area contributed by atoms with Crippen molar-refractivity contribution in [3.63, 3.8) is 0 Å². The zero-order valence-corrected chi connectivity index (χ0v) is 19.4. The number of hydrogen-bond donors (Lipinski definition) is 2. The van der Waals surface area contributed by atoms with Gasteiger partial charge in [-0.25, -0.2) is 0 Å². The van der Waals surface area contributed by atoms with Crippen molar-refractivity contribution in [3.8, 4) is 0 Å². The Bertz CT molecular complexity index is 1050. The summed E-state index contributed by atoms with van der Waals surface area (Å²) in [6, 6.07) is 19.6. The molecule has 29 heavy (non-hydrogen) atoms. The zero-order valence-electron chi connectivity index (χ0n) is 14.9. The number of halogens is 3. The van der Waals surface area contributed by atoms with E-state index >= 15 is 0 Å². The third-order valence-corrected chi connectivity index (χ3v) is 6.03. The average molecular weight is 557 g/mol. The molecule has 0 unspecified atom stereocenters. The highest BCUT2D eigenvalue weighted by molar-refractivity contribution is 14.1. The fourth-order valence-corrected chi connectivity index (χ4v) is 4.02. The number of carbonyl (C=O) groups excluding carboxylic acids is 2. The molecular formula is C21H15Cl2IN2O2S. The minimum absolute atomic E-state index is 0.0985. The topological polar surface area (TPSA) is 58.2 Å². The zero-order chi connectivity index (χ0) is 20.8. The maximum absolute atomic E-state index is 12.4. The molecule has 4 nitrogen and oxygen atoms in total. The van der Waals surface area contributed by atoms with Gasteiger partial charge in [-0.05, 0) is 83.3 Å². The van der Waals surface area contributed by atoms with Gasteiger partial charge in [-0.1, -0.05) is 29.3 Å². The summed E-state index contributed by atoms with van der Waals surface area (Å²) in [7, 11) is 0. The van der Waals surface area contributed by atoms with Crippen LogP contribution in [0.4, 0.5) is 11.4 Å². The Morgan fingerprint density at radius 1 is 0.897 bits per heavy atom. The lowest BCUT2D eigenvalue weighted by Crippen LogP contribution is -2.14. The summed E-state index contributed by atoms with van der Waals surface area (Å²) in [5.74, 6) is -0.171. The van der Waals surface area contributed by atoms with E-state index in [1.54, 1.807) is 18.2 Å². The number of nitrogens with one attached hydrogen (secondary N) is 2. The Morgan fingerprint density at radius 2 is 1.66 bits per heavy atom. The predicted molar refractivity (Wildman–Crippen MR) is 129 cm³/mol.